The molecule has 5 aromatic rings. The molecule has 0 unspecified atom stereocenters. The van der Waals surface area contributed by atoms with Crippen LogP contribution in [0.3, 0.4) is 0 Å². The Bertz CT molecular complexity index is 1470. The fourth-order valence-corrected chi connectivity index (χ4v) is 3.89. The minimum absolute atomic E-state index is 0.000336. The van der Waals surface area contributed by atoms with Gasteiger partial charge in [0.15, 0.2) is 0 Å². The molecule has 0 spiro atoms. The molecule has 0 aliphatic carbocycles. The van der Waals surface area contributed by atoms with Crippen molar-refractivity contribution in [1.82, 2.24) is 0 Å². The highest BCUT2D eigenvalue weighted by atomic mass is 16.6. The Morgan fingerprint density at radius 3 is 1.08 bits per heavy atom. The summed E-state index contributed by atoms with van der Waals surface area (Å²) in [6.07, 6.45) is 0. The average molecular weight is 520 g/mol. The lowest BCUT2D eigenvalue weighted by Gasteiger charge is -2.25. The predicted molar refractivity (Wildman–Crippen MR) is 147 cm³/mol. The first kappa shape index (κ1) is 25.0. The van der Waals surface area contributed by atoms with Crippen LogP contribution in [0.5, 0.6) is 23.0 Å². The molecule has 0 N–H and O–H groups in total. The normalized spacial score (nSPS) is 10.5. The standard InChI is InChI=1S/C30H21N3O6/c34-32(35)25-10-18-29(19-11-25)38-27-14-6-23(7-15-27)31(22-4-2-1-3-5-22)24-8-16-28(17-9-24)39-30-20-12-26(13-21-30)33(36)37/h1-21H. The van der Waals surface area contributed by atoms with E-state index in [9.17, 15) is 20.2 Å². The number of anilines is 3. The van der Waals surface area contributed by atoms with Crippen molar-refractivity contribution in [1.29, 1.82) is 0 Å². The Kier molecular flexibility index (Phi) is 7.13. The van der Waals surface area contributed by atoms with Gasteiger partial charge in [-0.15, -0.1) is 0 Å². The van der Waals surface area contributed by atoms with Gasteiger partial charge < -0.3 is 14.4 Å². The molecular formula is C30H21N3O6. The van der Waals surface area contributed by atoms with E-state index in [1.165, 1.54) is 24.3 Å². The molecule has 0 heterocycles. The maximum absolute atomic E-state index is 10.9. The van der Waals surface area contributed by atoms with Gasteiger partial charge in [-0.2, -0.15) is 0 Å². The minimum atomic E-state index is -0.453. The van der Waals surface area contributed by atoms with Crippen LogP contribution < -0.4 is 14.4 Å². The summed E-state index contributed by atoms with van der Waals surface area (Å²) < 4.78 is 11.7. The molecule has 192 valence electrons. The van der Waals surface area contributed by atoms with E-state index in [0.29, 0.717) is 23.0 Å². The zero-order valence-corrected chi connectivity index (χ0v) is 20.4. The zero-order valence-electron chi connectivity index (χ0n) is 20.4. The highest BCUT2D eigenvalue weighted by Gasteiger charge is 2.13. The third-order valence-corrected chi connectivity index (χ3v) is 5.77. The van der Waals surface area contributed by atoms with Crippen molar-refractivity contribution in [3.05, 3.63) is 148 Å². The number of hydrogen-bond donors (Lipinski definition) is 0. The maximum Gasteiger partial charge on any atom is 0.269 e. The number of non-ortho nitro benzene ring substituents is 2. The highest BCUT2D eigenvalue weighted by Crippen LogP contribution is 2.37. The average Bonchev–Trinajstić information content (AvgIpc) is 2.96. The fraction of sp³-hybridized carbons (Fsp3) is 0. The first-order chi connectivity index (χ1) is 19.0. The van der Waals surface area contributed by atoms with Crippen LogP contribution in [-0.2, 0) is 0 Å². The smallest absolute Gasteiger partial charge is 0.269 e. The molecule has 0 saturated carbocycles. The Labute approximate surface area is 223 Å². The molecule has 5 aromatic carbocycles. The number of benzene rings is 5. The van der Waals surface area contributed by atoms with E-state index in [1.54, 1.807) is 24.3 Å². The molecule has 0 atom stereocenters. The molecule has 0 saturated heterocycles. The summed E-state index contributed by atoms with van der Waals surface area (Å²) in [6, 6.07) is 36.7. The van der Waals surface area contributed by atoms with Gasteiger partial charge in [-0.05, 0) is 84.9 Å². The number of nitro groups is 2. The summed E-state index contributed by atoms with van der Waals surface area (Å²) in [6.45, 7) is 0. The molecule has 39 heavy (non-hydrogen) atoms. The van der Waals surface area contributed by atoms with Gasteiger partial charge >= 0.3 is 0 Å². The minimum Gasteiger partial charge on any atom is -0.457 e. The van der Waals surface area contributed by atoms with Crippen molar-refractivity contribution in [2.24, 2.45) is 0 Å². The molecule has 0 fully saturated rings. The monoisotopic (exact) mass is 519 g/mol. The zero-order chi connectivity index (χ0) is 27.2. The van der Waals surface area contributed by atoms with Crippen LogP contribution in [0.1, 0.15) is 0 Å². The van der Waals surface area contributed by atoms with E-state index in [4.69, 9.17) is 9.47 Å². The highest BCUT2D eigenvalue weighted by molar-refractivity contribution is 5.77. The van der Waals surface area contributed by atoms with Crippen molar-refractivity contribution < 1.29 is 19.3 Å². The quantitative estimate of drug-likeness (QED) is 0.142. The van der Waals surface area contributed by atoms with Crippen molar-refractivity contribution in [3.8, 4) is 23.0 Å². The van der Waals surface area contributed by atoms with Gasteiger partial charge in [-0.3, -0.25) is 20.2 Å². The van der Waals surface area contributed by atoms with Gasteiger partial charge in [-0.25, -0.2) is 0 Å². The molecular weight excluding hydrogens is 498 g/mol. The number of hydrogen-bond acceptors (Lipinski definition) is 7. The third kappa shape index (κ3) is 6.00. The lowest BCUT2D eigenvalue weighted by Crippen LogP contribution is -2.09. The molecule has 9 nitrogen and oxygen atoms in total. The lowest BCUT2D eigenvalue weighted by molar-refractivity contribution is -0.385. The van der Waals surface area contributed by atoms with Crippen LogP contribution in [0.15, 0.2) is 127 Å². The van der Waals surface area contributed by atoms with Gasteiger partial charge in [0.05, 0.1) is 9.85 Å². The Morgan fingerprint density at radius 1 is 0.436 bits per heavy atom. The van der Waals surface area contributed by atoms with E-state index < -0.39 is 9.85 Å². The van der Waals surface area contributed by atoms with Crippen molar-refractivity contribution >= 4 is 28.4 Å². The molecule has 0 aliphatic rings. The molecule has 0 radical (unpaired) electrons. The van der Waals surface area contributed by atoms with E-state index in [-0.39, 0.29) is 11.4 Å². The van der Waals surface area contributed by atoms with Crippen LogP contribution in [0, 0.1) is 20.2 Å². The second kappa shape index (κ2) is 11.1. The number of rotatable bonds is 9. The first-order valence-electron chi connectivity index (χ1n) is 11.9. The molecule has 0 bridgehead atoms. The van der Waals surface area contributed by atoms with Crippen LogP contribution >= 0.6 is 0 Å². The van der Waals surface area contributed by atoms with E-state index in [1.807, 2.05) is 78.9 Å². The van der Waals surface area contributed by atoms with E-state index in [0.717, 1.165) is 17.1 Å². The maximum atomic E-state index is 10.9. The molecule has 0 amide bonds. The van der Waals surface area contributed by atoms with Crippen LogP contribution in [0.4, 0.5) is 28.4 Å². The van der Waals surface area contributed by atoms with E-state index >= 15 is 0 Å². The number of nitro benzene ring substituents is 2. The van der Waals surface area contributed by atoms with Crippen LogP contribution in [0.25, 0.3) is 0 Å². The van der Waals surface area contributed by atoms with Gasteiger partial charge in [0, 0.05) is 41.3 Å². The summed E-state index contributed by atoms with van der Waals surface area (Å²) in [4.78, 5) is 22.9. The first-order valence-corrected chi connectivity index (χ1v) is 11.9. The third-order valence-electron chi connectivity index (χ3n) is 5.77. The van der Waals surface area contributed by atoms with Crippen LogP contribution in [-0.4, -0.2) is 9.85 Å². The summed E-state index contributed by atoms with van der Waals surface area (Å²) in [5, 5.41) is 21.7. The fourth-order valence-electron chi connectivity index (χ4n) is 3.89. The van der Waals surface area contributed by atoms with Gasteiger partial charge in [-0.1, -0.05) is 18.2 Å². The molecule has 5 rings (SSSR count). The Morgan fingerprint density at radius 2 is 0.744 bits per heavy atom. The summed E-state index contributed by atoms with van der Waals surface area (Å²) in [5.41, 5.74) is 2.73. The number of para-hydroxylation sites is 1. The summed E-state index contributed by atoms with van der Waals surface area (Å²) in [5.74, 6) is 2.17. The van der Waals surface area contributed by atoms with E-state index in [2.05, 4.69) is 4.90 Å². The van der Waals surface area contributed by atoms with Crippen LogP contribution in [0.2, 0.25) is 0 Å². The molecule has 9 heteroatoms. The largest absolute Gasteiger partial charge is 0.457 e. The van der Waals surface area contributed by atoms with Gasteiger partial charge in [0.1, 0.15) is 23.0 Å². The van der Waals surface area contributed by atoms with Gasteiger partial charge in [0.25, 0.3) is 11.4 Å². The summed E-state index contributed by atoms with van der Waals surface area (Å²) >= 11 is 0. The van der Waals surface area contributed by atoms with Crippen molar-refractivity contribution in [2.75, 3.05) is 4.90 Å². The second-order valence-corrected chi connectivity index (χ2v) is 8.36. The Hall–Kier alpha value is -5.70. The number of ether oxygens (including phenoxy) is 2. The molecule has 0 aliphatic heterocycles. The Balaban J connectivity index is 1.36. The lowest BCUT2D eigenvalue weighted by atomic mass is 10.2. The SMILES string of the molecule is O=[N+]([O-])c1ccc(Oc2ccc(N(c3ccccc3)c3ccc(Oc4ccc([N+](=O)[O-])cc4)cc3)cc2)cc1. The van der Waals surface area contributed by atoms with Crippen molar-refractivity contribution in [3.63, 3.8) is 0 Å². The predicted octanol–water partition coefficient (Wildman–Crippen LogP) is 8.56. The molecule has 0 aromatic heterocycles. The summed E-state index contributed by atoms with van der Waals surface area (Å²) in [7, 11) is 0. The number of nitrogens with zero attached hydrogens (tertiary/aromatic N) is 3. The second-order valence-electron chi connectivity index (χ2n) is 8.36. The topological polar surface area (TPSA) is 108 Å². The van der Waals surface area contributed by atoms with Gasteiger partial charge in [0.2, 0.25) is 0 Å². The van der Waals surface area contributed by atoms with Crippen molar-refractivity contribution in [2.45, 2.75) is 0 Å².